The van der Waals surface area contributed by atoms with Crippen LogP contribution in [-0.4, -0.2) is 33.4 Å². The Kier molecular flexibility index (Phi) is 3.19. The molecule has 1 aliphatic rings. The number of hydrogen-bond donors (Lipinski definition) is 0. The van der Waals surface area contributed by atoms with Gasteiger partial charge in [-0.2, -0.15) is 0 Å². The van der Waals surface area contributed by atoms with E-state index in [4.69, 9.17) is 0 Å². The summed E-state index contributed by atoms with van der Waals surface area (Å²) in [7, 11) is 0. The lowest BCUT2D eigenvalue weighted by Gasteiger charge is -2.32. The van der Waals surface area contributed by atoms with Crippen LogP contribution >= 0.6 is 15.9 Å². The molecule has 0 bridgehead atoms. The number of nitrogens with zero attached hydrogens (tertiary/aromatic N) is 4. The second-order valence-corrected chi connectivity index (χ2v) is 6.02. The summed E-state index contributed by atoms with van der Waals surface area (Å²) >= 11 is 3.38. The molecule has 2 aromatic rings. The molecule has 1 saturated heterocycles. The van der Waals surface area contributed by atoms with Crippen molar-refractivity contribution in [1.82, 2.24) is 14.4 Å². The van der Waals surface area contributed by atoms with Crippen LogP contribution < -0.4 is 4.90 Å². The number of rotatable bonds is 1. The molecule has 0 spiro atoms. The standard InChI is InChI=1S/C13H15BrF2N4/c1-8-9(2)20-7-10(14)18-11(12(20)17-8)19-5-3-13(15,16)4-6-19/h7H,3-6H2,1-2H3. The summed E-state index contributed by atoms with van der Waals surface area (Å²) in [4.78, 5) is 10.8. The van der Waals surface area contributed by atoms with Gasteiger partial charge in [0.2, 0.25) is 0 Å². The number of alkyl halides is 2. The molecular formula is C13H15BrF2N4. The largest absolute Gasteiger partial charge is 0.353 e. The summed E-state index contributed by atoms with van der Waals surface area (Å²) in [6.45, 7) is 4.52. The van der Waals surface area contributed by atoms with Crippen molar-refractivity contribution >= 4 is 27.4 Å². The van der Waals surface area contributed by atoms with E-state index in [0.717, 1.165) is 17.0 Å². The molecule has 3 heterocycles. The number of anilines is 1. The number of imidazole rings is 1. The SMILES string of the molecule is Cc1nc2c(N3CCC(F)(F)CC3)nc(Br)cn2c1C. The molecule has 0 radical (unpaired) electrons. The number of aryl methyl sites for hydroxylation is 2. The number of hydrogen-bond acceptors (Lipinski definition) is 3. The second-order valence-electron chi connectivity index (χ2n) is 5.21. The zero-order valence-electron chi connectivity index (χ0n) is 11.3. The minimum Gasteiger partial charge on any atom is -0.353 e. The Hall–Kier alpha value is -1.24. The van der Waals surface area contributed by atoms with Crippen molar-refractivity contribution in [2.24, 2.45) is 0 Å². The lowest BCUT2D eigenvalue weighted by molar-refractivity contribution is -0.0221. The highest BCUT2D eigenvalue weighted by molar-refractivity contribution is 9.10. The Balaban J connectivity index is 2.05. The molecule has 0 amide bonds. The second kappa shape index (κ2) is 4.65. The first-order valence-corrected chi connectivity index (χ1v) is 7.31. The minimum atomic E-state index is -2.56. The maximum absolute atomic E-state index is 13.3. The van der Waals surface area contributed by atoms with Crippen molar-refractivity contribution < 1.29 is 8.78 Å². The molecule has 0 N–H and O–H groups in total. The average Bonchev–Trinajstić information content (AvgIpc) is 2.66. The van der Waals surface area contributed by atoms with Crippen LogP contribution in [0.5, 0.6) is 0 Å². The van der Waals surface area contributed by atoms with Gasteiger partial charge in [0.1, 0.15) is 4.60 Å². The number of aromatic nitrogens is 3. The molecule has 0 atom stereocenters. The quantitative estimate of drug-likeness (QED) is 0.795. The summed E-state index contributed by atoms with van der Waals surface area (Å²) < 4.78 is 29.2. The van der Waals surface area contributed by atoms with Crippen LogP contribution in [0.15, 0.2) is 10.8 Å². The Morgan fingerprint density at radius 2 is 1.85 bits per heavy atom. The van der Waals surface area contributed by atoms with E-state index in [1.165, 1.54) is 0 Å². The van der Waals surface area contributed by atoms with Crippen molar-refractivity contribution in [3.63, 3.8) is 0 Å². The Morgan fingerprint density at radius 1 is 1.20 bits per heavy atom. The van der Waals surface area contributed by atoms with Gasteiger partial charge >= 0.3 is 0 Å². The highest BCUT2D eigenvalue weighted by Gasteiger charge is 2.35. The van der Waals surface area contributed by atoms with Crippen LogP contribution in [0.4, 0.5) is 14.6 Å². The van der Waals surface area contributed by atoms with Gasteiger partial charge in [-0.05, 0) is 29.8 Å². The van der Waals surface area contributed by atoms with E-state index in [1.54, 1.807) is 0 Å². The third kappa shape index (κ3) is 2.28. The summed E-state index contributed by atoms with van der Waals surface area (Å²) in [6.07, 6.45) is 1.59. The number of halogens is 3. The third-order valence-corrected chi connectivity index (χ3v) is 4.21. The molecule has 0 aromatic carbocycles. The first kappa shape index (κ1) is 13.7. The van der Waals surface area contributed by atoms with Crippen molar-refractivity contribution in [2.75, 3.05) is 18.0 Å². The van der Waals surface area contributed by atoms with Gasteiger partial charge in [-0.1, -0.05) is 0 Å². The summed E-state index contributed by atoms with van der Waals surface area (Å²) in [5.41, 5.74) is 2.69. The van der Waals surface area contributed by atoms with E-state index in [-0.39, 0.29) is 12.8 Å². The van der Waals surface area contributed by atoms with Crippen LogP contribution in [0.2, 0.25) is 0 Å². The normalized spacial score (nSPS) is 18.8. The highest BCUT2D eigenvalue weighted by atomic mass is 79.9. The fourth-order valence-electron chi connectivity index (χ4n) is 2.49. The zero-order valence-corrected chi connectivity index (χ0v) is 12.9. The van der Waals surface area contributed by atoms with E-state index >= 15 is 0 Å². The summed E-state index contributed by atoms with van der Waals surface area (Å²) in [5.74, 6) is -1.88. The molecule has 1 fully saturated rings. The van der Waals surface area contributed by atoms with Crippen LogP contribution in [0.25, 0.3) is 5.65 Å². The van der Waals surface area contributed by atoms with E-state index in [1.807, 2.05) is 29.3 Å². The molecule has 108 valence electrons. The molecule has 3 rings (SSSR count). The van der Waals surface area contributed by atoms with Crippen LogP contribution in [0, 0.1) is 13.8 Å². The molecule has 7 heteroatoms. The molecular weight excluding hydrogens is 330 g/mol. The van der Waals surface area contributed by atoms with Crippen LogP contribution in [-0.2, 0) is 0 Å². The van der Waals surface area contributed by atoms with Crippen molar-refractivity contribution in [3.8, 4) is 0 Å². The van der Waals surface area contributed by atoms with Crippen molar-refractivity contribution in [1.29, 1.82) is 0 Å². The predicted molar refractivity (Wildman–Crippen MR) is 76.6 cm³/mol. The van der Waals surface area contributed by atoms with Gasteiger partial charge < -0.3 is 4.90 Å². The number of fused-ring (bicyclic) bond motifs is 1. The Bertz CT molecular complexity index is 658. The van der Waals surface area contributed by atoms with Crippen molar-refractivity contribution in [3.05, 3.63) is 22.2 Å². The molecule has 1 aliphatic heterocycles. The first-order chi connectivity index (χ1) is 9.37. The topological polar surface area (TPSA) is 33.4 Å². The molecule has 4 nitrogen and oxygen atoms in total. The number of piperidine rings is 1. The van der Waals surface area contributed by atoms with Crippen molar-refractivity contribution in [2.45, 2.75) is 32.6 Å². The fraction of sp³-hybridized carbons (Fsp3) is 0.538. The van der Waals surface area contributed by atoms with Gasteiger partial charge in [0.15, 0.2) is 11.5 Å². The molecule has 20 heavy (non-hydrogen) atoms. The molecule has 0 saturated carbocycles. The maximum Gasteiger partial charge on any atom is 0.251 e. The van der Waals surface area contributed by atoms with Gasteiger partial charge in [0.25, 0.3) is 5.92 Å². The Morgan fingerprint density at radius 3 is 2.50 bits per heavy atom. The third-order valence-electron chi connectivity index (χ3n) is 3.83. The monoisotopic (exact) mass is 344 g/mol. The van der Waals surface area contributed by atoms with E-state index in [2.05, 4.69) is 25.9 Å². The molecule has 2 aromatic heterocycles. The van der Waals surface area contributed by atoms with Gasteiger partial charge in [0, 0.05) is 37.8 Å². The van der Waals surface area contributed by atoms with Gasteiger partial charge in [-0.15, -0.1) is 0 Å². The lowest BCUT2D eigenvalue weighted by Crippen LogP contribution is -2.40. The maximum atomic E-state index is 13.3. The molecule has 0 aliphatic carbocycles. The lowest BCUT2D eigenvalue weighted by atomic mass is 10.1. The van der Waals surface area contributed by atoms with Gasteiger partial charge in [-0.3, -0.25) is 4.40 Å². The predicted octanol–water partition coefficient (Wildman–Crippen LogP) is 3.34. The van der Waals surface area contributed by atoms with Crippen LogP contribution in [0.3, 0.4) is 0 Å². The van der Waals surface area contributed by atoms with Crippen LogP contribution in [0.1, 0.15) is 24.2 Å². The zero-order chi connectivity index (χ0) is 14.5. The average molecular weight is 345 g/mol. The van der Waals surface area contributed by atoms with E-state index in [9.17, 15) is 8.78 Å². The smallest absolute Gasteiger partial charge is 0.251 e. The summed E-state index contributed by atoms with van der Waals surface area (Å²) in [5, 5.41) is 0. The fourth-order valence-corrected chi connectivity index (χ4v) is 2.86. The minimum absolute atomic E-state index is 0.133. The highest BCUT2D eigenvalue weighted by Crippen LogP contribution is 2.32. The van der Waals surface area contributed by atoms with E-state index in [0.29, 0.717) is 23.5 Å². The van der Waals surface area contributed by atoms with Gasteiger partial charge in [-0.25, -0.2) is 18.7 Å². The molecule has 0 unspecified atom stereocenters. The van der Waals surface area contributed by atoms with E-state index < -0.39 is 5.92 Å². The van der Waals surface area contributed by atoms with Gasteiger partial charge in [0.05, 0.1) is 5.69 Å². The Labute approximate surface area is 123 Å². The first-order valence-electron chi connectivity index (χ1n) is 6.52. The summed E-state index contributed by atoms with van der Waals surface area (Å²) in [6, 6.07) is 0.